The summed E-state index contributed by atoms with van der Waals surface area (Å²) in [6.45, 7) is 8.21. The van der Waals surface area contributed by atoms with Gasteiger partial charge in [-0.15, -0.1) is 0 Å². The molecule has 0 unspecified atom stereocenters. The van der Waals surface area contributed by atoms with E-state index in [1.807, 2.05) is 19.9 Å². The van der Waals surface area contributed by atoms with Gasteiger partial charge in [0.1, 0.15) is 18.2 Å². The standard InChI is InChI=1S/C24H31FO5.Na/c1-14(2)17-9-21(15(3)4)24(22(10-17)16-5-7-18(25)8-6-16)30-13-20(27)11-19(26)12-23(28)29;/h5-10,14-15,19-20,26-27H,11-13H2,1-4H3,(H,28,29);/t19-,20+;/m1./s1. The van der Waals surface area contributed by atoms with Gasteiger partial charge in [0.25, 0.3) is 0 Å². The molecule has 1 radical (unpaired) electrons. The molecule has 0 saturated carbocycles. The molecule has 0 aliphatic rings. The normalized spacial score (nSPS) is 13.1. The smallest absolute Gasteiger partial charge is 0.305 e. The summed E-state index contributed by atoms with van der Waals surface area (Å²) in [5, 5.41) is 28.7. The molecule has 2 aromatic carbocycles. The van der Waals surface area contributed by atoms with Crippen molar-refractivity contribution in [1.29, 1.82) is 0 Å². The molecule has 0 amide bonds. The molecule has 7 heteroatoms. The molecule has 2 atom stereocenters. The van der Waals surface area contributed by atoms with Crippen molar-refractivity contribution in [3.05, 3.63) is 53.3 Å². The largest absolute Gasteiger partial charge is 0.490 e. The molecule has 0 aliphatic carbocycles. The fourth-order valence-electron chi connectivity index (χ4n) is 3.29. The molecule has 0 bridgehead atoms. The van der Waals surface area contributed by atoms with Gasteiger partial charge in [-0.3, -0.25) is 4.79 Å². The van der Waals surface area contributed by atoms with Crippen LogP contribution in [0.2, 0.25) is 0 Å². The molecular formula is C24H31FNaO5. The van der Waals surface area contributed by atoms with Crippen molar-refractivity contribution in [3.63, 3.8) is 0 Å². The Morgan fingerprint density at radius 1 is 1.00 bits per heavy atom. The summed E-state index contributed by atoms with van der Waals surface area (Å²) in [6, 6.07) is 10.3. The van der Waals surface area contributed by atoms with E-state index in [9.17, 15) is 19.4 Å². The number of halogens is 1. The Morgan fingerprint density at radius 2 is 1.61 bits per heavy atom. The predicted molar refractivity (Wildman–Crippen MR) is 120 cm³/mol. The van der Waals surface area contributed by atoms with Gasteiger partial charge in [-0.05, 0) is 46.7 Å². The second-order valence-corrected chi connectivity index (χ2v) is 8.26. The second-order valence-electron chi connectivity index (χ2n) is 8.26. The van der Waals surface area contributed by atoms with Gasteiger partial charge in [0.05, 0.1) is 18.6 Å². The van der Waals surface area contributed by atoms with Crippen LogP contribution >= 0.6 is 0 Å². The Hall–Kier alpha value is -1.44. The summed E-state index contributed by atoms with van der Waals surface area (Å²) < 4.78 is 19.5. The van der Waals surface area contributed by atoms with Gasteiger partial charge in [-0.25, -0.2) is 4.39 Å². The van der Waals surface area contributed by atoms with Crippen LogP contribution in [0, 0.1) is 5.82 Å². The zero-order valence-corrected chi connectivity index (χ0v) is 20.9. The SMILES string of the molecule is CC(C)c1cc(-c2ccc(F)cc2)c(OC[C@@H](O)C[C@@H](O)CC(=O)O)c(C(C)C)c1.[Na]. The van der Waals surface area contributed by atoms with Gasteiger partial charge >= 0.3 is 5.97 Å². The first-order valence-corrected chi connectivity index (χ1v) is 10.2. The maximum atomic E-state index is 13.5. The molecular weight excluding hydrogens is 410 g/mol. The summed E-state index contributed by atoms with van der Waals surface area (Å²) in [5.74, 6) is -0.415. The van der Waals surface area contributed by atoms with Gasteiger partial charge in [0.2, 0.25) is 0 Å². The van der Waals surface area contributed by atoms with Crippen LogP contribution < -0.4 is 4.74 Å². The van der Waals surface area contributed by atoms with E-state index < -0.39 is 24.6 Å². The van der Waals surface area contributed by atoms with Crippen molar-refractivity contribution >= 4 is 35.5 Å². The first-order valence-electron chi connectivity index (χ1n) is 10.2. The number of carboxylic acid groups (broad SMARTS) is 1. The number of hydrogen-bond donors (Lipinski definition) is 3. The van der Waals surface area contributed by atoms with E-state index in [0.717, 1.165) is 22.3 Å². The Kier molecular flexibility index (Phi) is 11.2. The third kappa shape index (κ3) is 8.20. The van der Waals surface area contributed by atoms with Crippen LogP contribution in [0.15, 0.2) is 36.4 Å². The minimum absolute atomic E-state index is 0. The molecule has 0 heterocycles. The fourth-order valence-corrected chi connectivity index (χ4v) is 3.29. The summed E-state index contributed by atoms with van der Waals surface area (Å²) in [6.07, 6.45) is -2.70. The average Bonchev–Trinajstić information content (AvgIpc) is 2.65. The number of aliphatic hydroxyl groups excluding tert-OH is 2. The van der Waals surface area contributed by atoms with Crippen molar-refractivity contribution in [3.8, 4) is 16.9 Å². The Balaban J connectivity index is 0.00000480. The minimum Gasteiger partial charge on any atom is -0.490 e. The molecule has 0 saturated heterocycles. The number of ether oxygens (including phenoxy) is 1. The zero-order chi connectivity index (χ0) is 22.4. The molecule has 31 heavy (non-hydrogen) atoms. The molecule has 2 rings (SSSR count). The molecule has 0 aliphatic heterocycles. The van der Waals surface area contributed by atoms with Crippen LogP contribution in [0.25, 0.3) is 11.1 Å². The zero-order valence-electron chi connectivity index (χ0n) is 18.9. The first kappa shape index (κ1) is 27.6. The monoisotopic (exact) mass is 441 g/mol. The number of benzene rings is 2. The summed E-state index contributed by atoms with van der Waals surface area (Å²) >= 11 is 0. The molecule has 3 N–H and O–H groups in total. The second kappa shape index (κ2) is 12.6. The topological polar surface area (TPSA) is 87.0 Å². The van der Waals surface area contributed by atoms with Crippen LogP contribution in [0.4, 0.5) is 4.39 Å². The molecule has 0 spiro atoms. The number of carboxylic acids is 1. The van der Waals surface area contributed by atoms with E-state index in [4.69, 9.17) is 9.84 Å². The van der Waals surface area contributed by atoms with Gasteiger partial charge in [0.15, 0.2) is 0 Å². The molecule has 165 valence electrons. The molecule has 0 aromatic heterocycles. The van der Waals surface area contributed by atoms with Crippen molar-refractivity contribution < 1.29 is 29.2 Å². The summed E-state index contributed by atoms with van der Waals surface area (Å²) in [4.78, 5) is 10.7. The van der Waals surface area contributed by atoms with Crippen molar-refractivity contribution in [1.82, 2.24) is 0 Å². The van der Waals surface area contributed by atoms with E-state index in [0.29, 0.717) is 5.75 Å². The Bertz CT molecular complexity index is 852. The van der Waals surface area contributed by atoms with Crippen molar-refractivity contribution in [2.45, 2.75) is 64.6 Å². The summed E-state index contributed by atoms with van der Waals surface area (Å²) in [5.41, 5.74) is 3.71. The third-order valence-corrected chi connectivity index (χ3v) is 4.96. The van der Waals surface area contributed by atoms with Crippen molar-refractivity contribution in [2.24, 2.45) is 0 Å². The molecule has 2 aromatic rings. The van der Waals surface area contributed by atoms with E-state index in [-0.39, 0.29) is 60.2 Å². The van der Waals surface area contributed by atoms with Gasteiger partial charge in [-0.2, -0.15) is 0 Å². The average molecular weight is 441 g/mol. The van der Waals surface area contributed by atoms with E-state index >= 15 is 0 Å². The number of carbonyl (C=O) groups is 1. The van der Waals surface area contributed by atoms with Crippen LogP contribution in [0.3, 0.4) is 0 Å². The molecule has 0 fully saturated rings. The van der Waals surface area contributed by atoms with Gasteiger partial charge in [0, 0.05) is 41.5 Å². The van der Waals surface area contributed by atoms with Crippen LogP contribution in [-0.4, -0.2) is 69.7 Å². The minimum atomic E-state index is -1.15. The predicted octanol–water partition coefficient (Wildman–Crippen LogP) is 4.32. The maximum Gasteiger partial charge on any atom is 0.305 e. The Labute approximate surface area is 205 Å². The number of aliphatic hydroxyl groups is 2. The van der Waals surface area contributed by atoms with E-state index in [1.165, 1.54) is 12.1 Å². The third-order valence-electron chi connectivity index (χ3n) is 4.96. The fraction of sp³-hybridized carbons (Fsp3) is 0.458. The van der Waals surface area contributed by atoms with Gasteiger partial charge < -0.3 is 20.1 Å². The maximum absolute atomic E-state index is 13.5. The summed E-state index contributed by atoms with van der Waals surface area (Å²) in [7, 11) is 0. The number of rotatable bonds is 10. The van der Waals surface area contributed by atoms with Gasteiger partial charge in [-0.1, -0.05) is 45.9 Å². The van der Waals surface area contributed by atoms with E-state index in [2.05, 4.69) is 19.9 Å². The number of aliphatic carboxylic acids is 1. The van der Waals surface area contributed by atoms with Crippen molar-refractivity contribution in [2.75, 3.05) is 6.61 Å². The molecule has 5 nitrogen and oxygen atoms in total. The Morgan fingerprint density at radius 3 is 2.13 bits per heavy atom. The van der Waals surface area contributed by atoms with Crippen LogP contribution in [0.5, 0.6) is 5.75 Å². The van der Waals surface area contributed by atoms with Crippen LogP contribution in [-0.2, 0) is 4.79 Å². The quantitative estimate of drug-likeness (QED) is 0.478. The first-order chi connectivity index (χ1) is 14.1. The van der Waals surface area contributed by atoms with Crippen LogP contribution in [0.1, 0.15) is 63.5 Å². The van der Waals surface area contributed by atoms with E-state index in [1.54, 1.807) is 12.1 Å². The number of hydrogen-bond acceptors (Lipinski definition) is 4.